The summed E-state index contributed by atoms with van der Waals surface area (Å²) in [7, 11) is 0. The molecule has 0 atom stereocenters. The van der Waals surface area contributed by atoms with E-state index in [0.717, 1.165) is 66.8 Å². The first kappa shape index (κ1) is 29.4. The Kier molecular flexibility index (Phi) is 7.49. The van der Waals surface area contributed by atoms with Gasteiger partial charge in [0.25, 0.3) is 0 Å². The monoisotopic (exact) mass is 640 g/mol. The van der Waals surface area contributed by atoms with Crippen molar-refractivity contribution >= 4 is 38.9 Å². The number of rotatable bonds is 7. The van der Waals surface area contributed by atoms with Gasteiger partial charge in [0.15, 0.2) is 5.58 Å². The van der Waals surface area contributed by atoms with E-state index >= 15 is 0 Å². The summed E-state index contributed by atoms with van der Waals surface area (Å²) in [6.07, 6.45) is 0. The van der Waals surface area contributed by atoms with E-state index in [4.69, 9.17) is 9.40 Å². The van der Waals surface area contributed by atoms with Crippen LogP contribution in [0.15, 0.2) is 199 Å². The molecule has 3 nitrogen and oxygen atoms in total. The number of oxazole rings is 1. The second-order valence-electron chi connectivity index (χ2n) is 12.4. The van der Waals surface area contributed by atoms with E-state index in [-0.39, 0.29) is 0 Å². The number of anilines is 3. The van der Waals surface area contributed by atoms with E-state index in [1.807, 2.05) is 36.4 Å². The first-order chi connectivity index (χ1) is 24.8. The Labute approximate surface area is 291 Å². The van der Waals surface area contributed by atoms with E-state index in [1.54, 1.807) is 0 Å². The number of benzene rings is 8. The molecule has 8 aromatic carbocycles. The van der Waals surface area contributed by atoms with Crippen molar-refractivity contribution in [2.75, 3.05) is 4.90 Å². The molecule has 0 amide bonds. The molecule has 9 rings (SSSR count). The standard InChI is InChI=1S/C47H32N2O/c1-4-12-33(13-5-1)35-24-28-41(29-25-35)49(40-17-8-3-9-18-40)42-30-26-36(27-31-42)34-20-22-37(23-21-34)44-32-39-16-10-11-19-43(39)46-45(44)48-47(50-46)38-14-6-2-7-15-38/h1-32H. The third-order valence-corrected chi connectivity index (χ3v) is 9.31. The van der Waals surface area contributed by atoms with E-state index in [0.29, 0.717) is 5.89 Å². The molecule has 0 unspecified atom stereocenters. The zero-order valence-corrected chi connectivity index (χ0v) is 27.3. The van der Waals surface area contributed by atoms with Crippen LogP contribution in [0.1, 0.15) is 0 Å². The average molecular weight is 641 g/mol. The highest BCUT2D eigenvalue weighted by Crippen LogP contribution is 2.39. The Morgan fingerprint density at radius 3 is 1.42 bits per heavy atom. The van der Waals surface area contributed by atoms with E-state index in [1.165, 1.54) is 11.1 Å². The molecule has 0 aliphatic carbocycles. The van der Waals surface area contributed by atoms with Crippen LogP contribution in [0.25, 0.3) is 66.7 Å². The highest BCUT2D eigenvalue weighted by atomic mass is 16.3. The predicted octanol–water partition coefficient (Wildman–Crippen LogP) is 13.1. The summed E-state index contributed by atoms with van der Waals surface area (Å²) in [5, 5.41) is 2.19. The molecule has 3 heteroatoms. The molecular formula is C47H32N2O. The van der Waals surface area contributed by atoms with Gasteiger partial charge >= 0.3 is 0 Å². The summed E-state index contributed by atoms with van der Waals surface area (Å²) < 4.78 is 6.43. The molecule has 9 aromatic rings. The molecule has 0 aliphatic heterocycles. The van der Waals surface area contributed by atoms with Crippen LogP contribution in [0.5, 0.6) is 0 Å². The van der Waals surface area contributed by atoms with Gasteiger partial charge in [-0.1, -0.05) is 140 Å². The Bertz CT molecular complexity index is 2540. The minimum Gasteiger partial charge on any atom is -0.435 e. The number of fused-ring (bicyclic) bond motifs is 3. The van der Waals surface area contributed by atoms with Crippen LogP contribution in [-0.4, -0.2) is 4.98 Å². The summed E-state index contributed by atoms with van der Waals surface area (Å²) in [5.41, 5.74) is 12.9. The molecular weight excluding hydrogens is 609 g/mol. The summed E-state index contributed by atoms with van der Waals surface area (Å²) in [5.74, 6) is 0.631. The molecule has 0 radical (unpaired) electrons. The largest absolute Gasteiger partial charge is 0.435 e. The van der Waals surface area contributed by atoms with Crippen molar-refractivity contribution in [1.29, 1.82) is 0 Å². The molecule has 1 aromatic heterocycles. The Morgan fingerprint density at radius 1 is 0.380 bits per heavy atom. The highest BCUT2D eigenvalue weighted by molar-refractivity contribution is 6.10. The predicted molar refractivity (Wildman–Crippen MR) is 208 cm³/mol. The van der Waals surface area contributed by atoms with Crippen molar-refractivity contribution in [3.63, 3.8) is 0 Å². The Balaban J connectivity index is 1.04. The van der Waals surface area contributed by atoms with Gasteiger partial charge in [0, 0.05) is 33.6 Å². The number of hydrogen-bond donors (Lipinski definition) is 0. The van der Waals surface area contributed by atoms with E-state index in [9.17, 15) is 0 Å². The lowest BCUT2D eigenvalue weighted by atomic mass is 9.97. The maximum atomic E-state index is 6.43. The van der Waals surface area contributed by atoms with Gasteiger partial charge in [0.2, 0.25) is 5.89 Å². The first-order valence-corrected chi connectivity index (χ1v) is 16.9. The van der Waals surface area contributed by atoms with Crippen LogP contribution in [0.3, 0.4) is 0 Å². The molecule has 0 N–H and O–H groups in total. The third kappa shape index (κ3) is 5.51. The molecule has 0 spiro atoms. The molecule has 0 saturated heterocycles. The zero-order valence-electron chi connectivity index (χ0n) is 27.3. The highest BCUT2D eigenvalue weighted by Gasteiger charge is 2.17. The van der Waals surface area contributed by atoms with Gasteiger partial charge in [-0.3, -0.25) is 0 Å². The van der Waals surface area contributed by atoms with Crippen molar-refractivity contribution in [3.05, 3.63) is 194 Å². The maximum Gasteiger partial charge on any atom is 0.227 e. The fourth-order valence-corrected chi connectivity index (χ4v) is 6.77. The van der Waals surface area contributed by atoms with Gasteiger partial charge in [0.05, 0.1) is 0 Å². The Hall–Kier alpha value is -6.71. The number of nitrogens with zero attached hydrogens (tertiary/aromatic N) is 2. The van der Waals surface area contributed by atoms with Gasteiger partial charge in [-0.15, -0.1) is 0 Å². The molecule has 1 heterocycles. The van der Waals surface area contributed by atoms with Crippen LogP contribution in [0.4, 0.5) is 17.1 Å². The summed E-state index contributed by atoms with van der Waals surface area (Å²) in [6, 6.07) is 68.1. The van der Waals surface area contributed by atoms with Crippen molar-refractivity contribution in [3.8, 4) is 44.8 Å². The maximum absolute atomic E-state index is 6.43. The van der Waals surface area contributed by atoms with Crippen molar-refractivity contribution in [2.45, 2.75) is 0 Å². The van der Waals surface area contributed by atoms with Crippen LogP contribution in [0, 0.1) is 0 Å². The van der Waals surface area contributed by atoms with Crippen LogP contribution in [0.2, 0.25) is 0 Å². The fraction of sp³-hybridized carbons (Fsp3) is 0. The van der Waals surface area contributed by atoms with Gasteiger partial charge in [-0.2, -0.15) is 0 Å². The normalized spacial score (nSPS) is 11.2. The topological polar surface area (TPSA) is 29.3 Å². The smallest absolute Gasteiger partial charge is 0.227 e. The van der Waals surface area contributed by atoms with Crippen LogP contribution in [-0.2, 0) is 0 Å². The van der Waals surface area contributed by atoms with Crippen molar-refractivity contribution in [2.24, 2.45) is 0 Å². The number of para-hydroxylation sites is 1. The number of hydrogen-bond acceptors (Lipinski definition) is 3. The summed E-state index contributed by atoms with van der Waals surface area (Å²) in [6.45, 7) is 0. The Morgan fingerprint density at radius 2 is 0.820 bits per heavy atom. The van der Waals surface area contributed by atoms with Gasteiger partial charge < -0.3 is 9.32 Å². The van der Waals surface area contributed by atoms with E-state index < -0.39 is 0 Å². The van der Waals surface area contributed by atoms with Crippen LogP contribution >= 0.6 is 0 Å². The van der Waals surface area contributed by atoms with Gasteiger partial charge in [-0.05, 0) is 87.8 Å². The fourth-order valence-electron chi connectivity index (χ4n) is 6.77. The minimum absolute atomic E-state index is 0.631. The summed E-state index contributed by atoms with van der Waals surface area (Å²) >= 11 is 0. The lowest BCUT2D eigenvalue weighted by molar-refractivity contribution is 0.623. The molecule has 0 fully saturated rings. The van der Waals surface area contributed by atoms with Gasteiger partial charge in [-0.25, -0.2) is 4.98 Å². The zero-order chi connectivity index (χ0) is 33.3. The molecule has 236 valence electrons. The average Bonchev–Trinajstić information content (AvgIpc) is 3.66. The van der Waals surface area contributed by atoms with Crippen molar-refractivity contribution in [1.82, 2.24) is 4.98 Å². The van der Waals surface area contributed by atoms with Crippen molar-refractivity contribution < 1.29 is 4.42 Å². The number of aromatic nitrogens is 1. The van der Waals surface area contributed by atoms with E-state index in [2.05, 4.69) is 163 Å². The van der Waals surface area contributed by atoms with Crippen LogP contribution < -0.4 is 4.90 Å². The second-order valence-corrected chi connectivity index (χ2v) is 12.4. The minimum atomic E-state index is 0.631. The second kappa shape index (κ2) is 12.7. The first-order valence-electron chi connectivity index (χ1n) is 16.9. The summed E-state index contributed by atoms with van der Waals surface area (Å²) in [4.78, 5) is 7.31. The molecule has 0 bridgehead atoms. The van der Waals surface area contributed by atoms with Gasteiger partial charge in [0.1, 0.15) is 5.52 Å². The quantitative estimate of drug-likeness (QED) is 0.174. The lowest BCUT2D eigenvalue weighted by Gasteiger charge is -2.26. The lowest BCUT2D eigenvalue weighted by Crippen LogP contribution is -2.09. The third-order valence-electron chi connectivity index (χ3n) is 9.31. The molecule has 0 saturated carbocycles. The molecule has 50 heavy (non-hydrogen) atoms. The SMILES string of the molecule is c1ccc(-c2ccc(N(c3ccccc3)c3ccc(-c4ccc(-c5cc6ccccc6c6oc(-c7ccccc7)nc56)cc4)cc3)cc2)cc1. The molecule has 0 aliphatic rings.